The van der Waals surface area contributed by atoms with Gasteiger partial charge in [0.15, 0.2) is 6.61 Å². The van der Waals surface area contributed by atoms with Crippen LogP contribution in [-0.4, -0.2) is 27.5 Å². The van der Waals surface area contributed by atoms with Gasteiger partial charge in [-0.15, -0.1) is 0 Å². The van der Waals surface area contributed by atoms with E-state index in [1.54, 1.807) is 19.1 Å². The zero-order chi connectivity index (χ0) is 21.4. The summed E-state index contributed by atoms with van der Waals surface area (Å²) < 4.78 is 45.3. The Morgan fingerprint density at radius 3 is 2.52 bits per heavy atom. The Morgan fingerprint density at radius 1 is 1.21 bits per heavy atom. The molecule has 0 aliphatic heterocycles. The maximum Gasteiger partial charge on any atom is 0.258 e. The monoisotopic (exact) mass is 442 g/mol. The predicted octanol–water partition coefficient (Wildman–Crippen LogP) is 3.81. The lowest BCUT2D eigenvalue weighted by molar-refractivity contribution is -0.123. The van der Waals surface area contributed by atoms with E-state index in [9.17, 15) is 17.6 Å². The van der Waals surface area contributed by atoms with E-state index in [2.05, 4.69) is 10.0 Å². The van der Waals surface area contributed by atoms with E-state index >= 15 is 0 Å². The second kappa shape index (κ2) is 10.6. The summed E-state index contributed by atoms with van der Waals surface area (Å²) in [6.07, 6.45) is 1.61. The van der Waals surface area contributed by atoms with Crippen molar-refractivity contribution in [3.05, 3.63) is 58.9 Å². The van der Waals surface area contributed by atoms with Crippen molar-refractivity contribution in [1.82, 2.24) is 10.0 Å². The number of carbonyl (C=O) groups excluding carboxylic acids is 1. The van der Waals surface area contributed by atoms with Gasteiger partial charge in [0.1, 0.15) is 11.6 Å². The van der Waals surface area contributed by atoms with Crippen LogP contribution in [0.3, 0.4) is 0 Å². The molecule has 1 atom stereocenters. The third kappa shape index (κ3) is 6.99. The molecule has 29 heavy (non-hydrogen) atoms. The molecule has 0 bridgehead atoms. The number of hydrogen-bond donors (Lipinski definition) is 2. The lowest BCUT2D eigenvalue weighted by Gasteiger charge is -2.15. The highest BCUT2D eigenvalue weighted by atomic mass is 35.5. The molecule has 6 nitrogen and oxygen atoms in total. The van der Waals surface area contributed by atoms with Gasteiger partial charge in [-0.3, -0.25) is 4.79 Å². The van der Waals surface area contributed by atoms with Crippen molar-refractivity contribution in [2.45, 2.75) is 37.6 Å². The van der Waals surface area contributed by atoms with Crippen LogP contribution in [-0.2, 0) is 14.8 Å². The molecule has 158 valence electrons. The number of nitrogens with one attached hydrogen (secondary N) is 2. The second-order valence-corrected chi connectivity index (χ2v) is 8.65. The first-order valence-corrected chi connectivity index (χ1v) is 11.1. The molecule has 0 aliphatic rings. The third-order valence-electron chi connectivity index (χ3n) is 4.14. The van der Waals surface area contributed by atoms with Gasteiger partial charge in [0.2, 0.25) is 10.0 Å². The number of ether oxygens (including phenoxy) is 1. The molecule has 1 unspecified atom stereocenters. The molecular weight excluding hydrogens is 419 g/mol. The molecule has 0 spiro atoms. The predicted molar refractivity (Wildman–Crippen MR) is 110 cm³/mol. The van der Waals surface area contributed by atoms with Crippen molar-refractivity contribution >= 4 is 27.5 Å². The van der Waals surface area contributed by atoms with Crippen molar-refractivity contribution in [2.75, 3.05) is 13.2 Å². The highest BCUT2D eigenvalue weighted by Crippen LogP contribution is 2.27. The van der Waals surface area contributed by atoms with Gasteiger partial charge in [0.25, 0.3) is 5.91 Å². The second-order valence-electron chi connectivity index (χ2n) is 6.47. The Balaban J connectivity index is 1.93. The number of unbranched alkanes of at least 4 members (excludes halogenated alkanes) is 1. The van der Waals surface area contributed by atoms with E-state index in [4.69, 9.17) is 16.3 Å². The molecule has 0 fully saturated rings. The smallest absolute Gasteiger partial charge is 0.258 e. The fourth-order valence-corrected chi connectivity index (χ4v) is 3.89. The number of hydrogen-bond acceptors (Lipinski definition) is 4. The van der Waals surface area contributed by atoms with Crippen molar-refractivity contribution in [1.29, 1.82) is 0 Å². The van der Waals surface area contributed by atoms with Crippen LogP contribution in [0.2, 0.25) is 5.02 Å². The molecule has 0 radical (unpaired) electrons. The van der Waals surface area contributed by atoms with Gasteiger partial charge in [-0.05, 0) is 49.2 Å². The topological polar surface area (TPSA) is 84.5 Å². The van der Waals surface area contributed by atoms with E-state index in [1.807, 2.05) is 6.92 Å². The first-order chi connectivity index (χ1) is 13.7. The Morgan fingerprint density at radius 2 is 1.90 bits per heavy atom. The molecule has 2 rings (SSSR count). The van der Waals surface area contributed by atoms with Crippen LogP contribution < -0.4 is 14.8 Å². The van der Waals surface area contributed by atoms with Gasteiger partial charge >= 0.3 is 0 Å². The van der Waals surface area contributed by atoms with Crippen LogP contribution in [0.25, 0.3) is 0 Å². The minimum atomic E-state index is -3.65. The van der Waals surface area contributed by atoms with Gasteiger partial charge in [-0.25, -0.2) is 17.5 Å². The highest BCUT2D eigenvalue weighted by molar-refractivity contribution is 7.89. The van der Waals surface area contributed by atoms with Crippen LogP contribution in [0, 0.1) is 5.82 Å². The molecule has 0 saturated carbocycles. The Labute approximate surface area is 175 Å². The summed E-state index contributed by atoms with van der Waals surface area (Å²) in [5.41, 5.74) is 0.753. The van der Waals surface area contributed by atoms with Gasteiger partial charge < -0.3 is 10.1 Å². The third-order valence-corrected chi connectivity index (χ3v) is 5.90. The Kier molecular flexibility index (Phi) is 8.43. The van der Waals surface area contributed by atoms with E-state index in [0.29, 0.717) is 6.54 Å². The molecular formula is C20H24ClFN2O4S. The molecule has 2 N–H and O–H groups in total. The number of carbonyl (C=O) groups is 1. The molecule has 0 saturated heterocycles. The standard InChI is InChI=1S/C20H24ClFN2O4S/c1-3-4-11-23-29(26,27)17-9-10-19(18(21)12-17)28-13-20(25)24-14(2)15-5-7-16(22)8-6-15/h5-10,12,14,23H,3-4,11,13H2,1-2H3,(H,24,25). The minimum absolute atomic E-state index is 0.0281. The van der Waals surface area contributed by atoms with E-state index in [1.165, 1.54) is 30.3 Å². The largest absolute Gasteiger partial charge is 0.482 e. The normalized spacial score (nSPS) is 12.4. The summed E-state index contributed by atoms with van der Waals surface area (Å²) in [5, 5.41) is 2.82. The summed E-state index contributed by atoms with van der Waals surface area (Å²) in [4.78, 5) is 12.1. The van der Waals surface area contributed by atoms with Crippen molar-refractivity contribution in [3.8, 4) is 5.75 Å². The number of halogens is 2. The lowest BCUT2D eigenvalue weighted by atomic mass is 10.1. The van der Waals surface area contributed by atoms with Crippen LogP contribution in [0.15, 0.2) is 47.4 Å². The fraction of sp³-hybridized carbons (Fsp3) is 0.350. The quantitative estimate of drug-likeness (QED) is 0.548. The van der Waals surface area contributed by atoms with E-state index in [0.717, 1.165) is 18.4 Å². The number of amides is 1. The minimum Gasteiger partial charge on any atom is -0.482 e. The lowest BCUT2D eigenvalue weighted by Crippen LogP contribution is -2.31. The van der Waals surface area contributed by atoms with Gasteiger partial charge in [0.05, 0.1) is 16.0 Å². The van der Waals surface area contributed by atoms with Crippen molar-refractivity contribution in [2.24, 2.45) is 0 Å². The van der Waals surface area contributed by atoms with Gasteiger partial charge in [-0.2, -0.15) is 0 Å². The van der Waals surface area contributed by atoms with Crippen LogP contribution in [0.1, 0.15) is 38.3 Å². The van der Waals surface area contributed by atoms with Crippen molar-refractivity contribution < 1.29 is 22.3 Å². The van der Waals surface area contributed by atoms with Crippen LogP contribution in [0.5, 0.6) is 5.75 Å². The molecule has 0 aromatic heterocycles. The zero-order valence-corrected chi connectivity index (χ0v) is 17.8. The van der Waals surface area contributed by atoms with Crippen molar-refractivity contribution in [3.63, 3.8) is 0 Å². The highest BCUT2D eigenvalue weighted by Gasteiger charge is 2.16. The Bertz CT molecular complexity index is 936. The van der Waals surface area contributed by atoms with Crippen LogP contribution in [0.4, 0.5) is 4.39 Å². The summed E-state index contributed by atoms with van der Waals surface area (Å²) >= 11 is 6.11. The molecule has 2 aromatic rings. The fourth-order valence-electron chi connectivity index (χ4n) is 2.49. The van der Waals surface area contributed by atoms with E-state index in [-0.39, 0.29) is 34.1 Å². The Hall–Kier alpha value is -2.16. The molecule has 2 aromatic carbocycles. The average Bonchev–Trinajstić information content (AvgIpc) is 2.67. The van der Waals surface area contributed by atoms with Gasteiger partial charge in [0, 0.05) is 6.54 Å². The summed E-state index contributed by atoms with van der Waals surface area (Å²) in [6.45, 7) is 3.78. The molecule has 9 heteroatoms. The summed E-state index contributed by atoms with van der Waals surface area (Å²) in [6, 6.07) is 9.55. The zero-order valence-electron chi connectivity index (χ0n) is 16.2. The van der Waals surface area contributed by atoms with Gasteiger partial charge in [-0.1, -0.05) is 37.1 Å². The number of rotatable bonds is 10. The van der Waals surface area contributed by atoms with E-state index < -0.39 is 15.9 Å². The number of sulfonamides is 1. The number of benzene rings is 2. The first kappa shape index (κ1) is 23.1. The maximum atomic E-state index is 13.0. The summed E-state index contributed by atoms with van der Waals surface area (Å²) in [5.74, 6) is -0.546. The molecule has 0 heterocycles. The molecule has 1 amide bonds. The maximum absolute atomic E-state index is 13.0. The average molecular weight is 443 g/mol. The SMILES string of the molecule is CCCCNS(=O)(=O)c1ccc(OCC(=O)NC(C)c2ccc(F)cc2)c(Cl)c1. The first-order valence-electron chi connectivity index (χ1n) is 9.19. The summed E-state index contributed by atoms with van der Waals surface area (Å²) in [7, 11) is -3.65. The van der Waals surface area contributed by atoms with Crippen LogP contribution >= 0.6 is 11.6 Å². The molecule has 0 aliphatic carbocycles.